The first-order valence-electron chi connectivity index (χ1n) is 6.85. The fraction of sp³-hybridized carbons (Fsp3) is 0.571. The number of hydrogen-bond donors (Lipinski definition) is 2. The first kappa shape index (κ1) is 15.3. The van der Waals surface area contributed by atoms with E-state index in [-0.39, 0.29) is 12.0 Å². The molecule has 20 heavy (non-hydrogen) atoms. The summed E-state index contributed by atoms with van der Waals surface area (Å²) in [6, 6.07) is 4.93. The van der Waals surface area contributed by atoms with Gasteiger partial charge in [-0.25, -0.2) is 13.1 Å². The minimum Gasteiger partial charge on any atom is -0.497 e. The van der Waals surface area contributed by atoms with Crippen LogP contribution in [-0.4, -0.2) is 28.1 Å². The van der Waals surface area contributed by atoms with Crippen molar-refractivity contribution in [2.45, 2.75) is 37.1 Å². The molecule has 2 rings (SSSR count). The maximum Gasteiger partial charge on any atom is 0.241 e. The lowest BCUT2D eigenvalue weighted by atomic mass is 10.1. The topological polar surface area (TPSA) is 81.4 Å². The summed E-state index contributed by atoms with van der Waals surface area (Å²) in [5.41, 5.74) is 6.38. The third-order valence-electron chi connectivity index (χ3n) is 3.94. The maximum atomic E-state index is 12.5. The van der Waals surface area contributed by atoms with Gasteiger partial charge in [-0.05, 0) is 56.0 Å². The summed E-state index contributed by atoms with van der Waals surface area (Å²) in [7, 11) is -1.94. The van der Waals surface area contributed by atoms with Gasteiger partial charge in [0.2, 0.25) is 10.0 Å². The van der Waals surface area contributed by atoms with Crippen molar-refractivity contribution in [1.29, 1.82) is 0 Å². The highest BCUT2D eigenvalue weighted by Crippen LogP contribution is 2.27. The highest BCUT2D eigenvalue weighted by Gasteiger charge is 2.30. The Morgan fingerprint density at radius 3 is 2.75 bits per heavy atom. The number of hydrogen-bond acceptors (Lipinski definition) is 4. The number of ether oxygens (including phenoxy) is 1. The van der Waals surface area contributed by atoms with Crippen LogP contribution in [0.2, 0.25) is 0 Å². The third kappa shape index (κ3) is 3.13. The Morgan fingerprint density at radius 1 is 1.40 bits per heavy atom. The standard InChI is InChI=1S/C14H22N2O3S/c1-10-8-12(19-2)6-7-14(10)20(17,18)16-13-5-3-4-11(13)9-15/h6-8,11,13,16H,3-5,9,15H2,1-2H3/t11-,13+/m0/s1. The molecule has 1 aromatic carbocycles. The fourth-order valence-electron chi connectivity index (χ4n) is 2.79. The van der Waals surface area contributed by atoms with Crippen molar-refractivity contribution < 1.29 is 13.2 Å². The first-order chi connectivity index (χ1) is 9.47. The maximum absolute atomic E-state index is 12.5. The summed E-state index contributed by atoms with van der Waals surface area (Å²) in [6.45, 7) is 2.29. The summed E-state index contributed by atoms with van der Waals surface area (Å²) in [6.07, 6.45) is 2.87. The van der Waals surface area contributed by atoms with Crippen molar-refractivity contribution in [3.63, 3.8) is 0 Å². The Labute approximate surface area is 120 Å². The summed E-state index contributed by atoms with van der Waals surface area (Å²) in [4.78, 5) is 0.306. The van der Waals surface area contributed by atoms with Gasteiger partial charge < -0.3 is 10.5 Å². The van der Waals surface area contributed by atoms with Crippen molar-refractivity contribution in [1.82, 2.24) is 4.72 Å². The number of methoxy groups -OCH3 is 1. The zero-order chi connectivity index (χ0) is 14.8. The minimum absolute atomic E-state index is 0.0495. The van der Waals surface area contributed by atoms with Gasteiger partial charge >= 0.3 is 0 Å². The molecule has 0 bridgehead atoms. The third-order valence-corrected chi connectivity index (χ3v) is 5.59. The van der Waals surface area contributed by atoms with E-state index in [1.54, 1.807) is 32.2 Å². The highest BCUT2D eigenvalue weighted by atomic mass is 32.2. The van der Waals surface area contributed by atoms with Gasteiger partial charge in [-0.3, -0.25) is 0 Å². The van der Waals surface area contributed by atoms with E-state index in [2.05, 4.69) is 4.72 Å². The molecule has 0 heterocycles. The molecule has 0 unspecified atom stereocenters. The SMILES string of the molecule is COc1ccc(S(=O)(=O)N[C@@H]2CCC[C@H]2CN)c(C)c1. The lowest BCUT2D eigenvalue weighted by molar-refractivity contribution is 0.414. The fourth-order valence-corrected chi connectivity index (χ4v) is 4.35. The van der Waals surface area contributed by atoms with Crippen LogP contribution < -0.4 is 15.2 Å². The zero-order valence-corrected chi connectivity index (χ0v) is 12.7. The average Bonchev–Trinajstić information content (AvgIpc) is 2.84. The number of benzene rings is 1. The monoisotopic (exact) mass is 298 g/mol. The van der Waals surface area contributed by atoms with Gasteiger partial charge in [-0.1, -0.05) is 6.42 Å². The van der Waals surface area contributed by atoms with Gasteiger partial charge in [0.1, 0.15) is 5.75 Å². The van der Waals surface area contributed by atoms with Crippen LogP contribution in [0.15, 0.2) is 23.1 Å². The molecule has 6 heteroatoms. The largest absolute Gasteiger partial charge is 0.497 e. The Morgan fingerprint density at radius 2 is 2.15 bits per heavy atom. The van der Waals surface area contributed by atoms with E-state index >= 15 is 0 Å². The molecule has 1 aliphatic carbocycles. The molecule has 1 aromatic rings. The molecule has 0 aliphatic heterocycles. The molecule has 5 nitrogen and oxygen atoms in total. The normalized spacial score (nSPS) is 22.9. The molecule has 112 valence electrons. The van der Waals surface area contributed by atoms with Gasteiger partial charge in [0, 0.05) is 6.04 Å². The van der Waals surface area contributed by atoms with E-state index in [4.69, 9.17) is 10.5 Å². The summed E-state index contributed by atoms with van der Waals surface area (Å²) >= 11 is 0. The highest BCUT2D eigenvalue weighted by molar-refractivity contribution is 7.89. The minimum atomic E-state index is -3.50. The molecular weight excluding hydrogens is 276 g/mol. The second kappa shape index (κ2) is 6.11. The van der Waals surface area contributed by atoms with E-state index in [1.807, 2.05) is 0 Å². The van der Waals surface area contributed by atoms with Gasteiger partial charge in [-0.2, -0.15) is 0 Å². The summed E-state index contributed by atoms with van der Waals surface area (Å²) in [5.74, 6) is 0.894. The van der Waals surface area contributed by atoms with Crippen LogP contribution in [0.25, 0.3) is 0 Å². The van der Waals surface area contributed by atoms with Crippen LogP contribution in [-0.2, 0) is 10.0 Å². The van der Waals surface area contributed by atoms with Crippen LogP contribution in [0, 0.1) is 12.8 Å². The Bertz CT molecular complexity index is 572. The predicted octanol–water partition coefficient (Wildman–Crippen LogP) is 1.41. The van der Waals surface area contributed by atoms with Crippen molar-refractivity contribution in [2.75, 3.05) is 13.7 Å². The first-order valence-corrected chi connectivity index (χ1v) is 8.33. The van der Waals surface area contributed by atoms with Crippen LogP contribution in [0.4, 0.5) is 0 Å². The average molecular weight is 298 g/mol. The van der Waals surface area contributed by atoms with Crippen molar-refractivity contribution in [3.8, 4) is 5.75 Å². The number of aryl methyl sites for hydroxylation is 1. The lowest BCUT2D eigenvalue weighted by Gasteiger charge is -2.20. The van der Waals surface area contributed by atoms with E-state index in [9.17, 15) is 8.42 Å². The molecule has 0 saturated heterocycles. The van der Waals surface area contributed by atoms with Crippen LogP contribution in [0.5, 0.6) is 5.75 Å². The Hall–Kier alpha value is -1.11. The summed E-state index contributed by atoms with van der Waals surface area (Å²) < 4.78 is 32.9. The lowest BCUT2D eigenvalue weighted by Crippen LogP contribution is -2.40. The van der Waals surface area contributed by atoms with Gasteiger partial charge in [0.05, 0.1) is 12.0 Å². The molecule has 1 fully saturated rings. The molecule has 2 atom stereocenters. The molecule has 1 saturated carbocycles. The number of sulfonamides is 1. The Kier molecular flexibility index (Phi) is 4.67. The number of nitrogens with one attached hydrogen (secondary N) is 1. The molecule has 1 aliphatic rings. The second-order valence-corrected chi connectivity index (χ2v) is 6.97. The van der Waals surface area contributed by atoms with Crippen LogP contribution >= 0.6 is 0 Å². The quantitative estimate of drug-likeness (QED) is 0.861. The number of nitrogens with two attached hydrogens (primary N) is 1. The van der Waals surface area contributed by atoms with Crippen molar-refractivity contribution in [3.05, 3.63) is 23.8 Å². The van der Waals surface area contributed by atoms with Crippen molar-refractivity contribution in [2.24, 2.45) is 11.7 Å². The summed E-state index contributed by atoms with van der Waals surface area (Å²) in [5, 5.41) is 0. The van der Waals surface area contributed by atoms with E-state index in [0.717, 1.165) is 19.3 Å². The van der Waals surface area contributed by atoms with Gasteiger partial charge in [0.15, 0.2) is 0 Å². The van der Waals surface area contributed by atoms with E-state index < -0.39 is 10.0 Å². The van der Waals surface area contributed by atoms with E-state index in [1.165, 1.54) is 0 Å². The van der Waals surface area contributed by atoms with Gasteiger partial charge in [-0.15, -0.1) is 0 Å². The second-order valence-electron chi connectivity index (χ2n) is 5.29. The molecule has 3 N–H and O–H groups in total. The van der Waals surface area contributed by atoms with E-state index in [0.29, 0.717) is 22.8 Å². The zero-order valence-electron chi connectivity index (χ0n) is 11.9. The molecular formula is C14H22N2O3S. The van der Waals surface area contributed by atoms with Crippen molar-refractivity contribution >= 4 is 10.0 Å². The molecule has 0 aromatic heterocycles. The molecule has 0 amide bonds. The smallest absolute Gasteiger partial charge is 0.241 e. The predicted molar refractivity (Wildman–Crippen MR) is 78.2 cm³/mol. The Balaban J connectivity index is 2.22. The van der Waals surface area contributed by atoms with Gasteiger partial charge in [0.25, 0.3) is 0 Å². The van der Waals surface area contributed by atoms with Crippen LogP contribution in [0.1, 0.15) is 24.8 Å². The molecule has 0 spiro atoms. The van der Waals surface area contributed by atoms with Crippen LogP contribution in [0.3, 0.4) is 0 Å². The number of rotatable bonds is 5. The molecule has 0 radical (unpaired) electrons.